The molecule has 0 saturated carbocycles. The first-order chi connectivity index (χ1) is 10.6. The molecule has 2 rings (SSSR count). The van der Waals surface area contributed by atoms with E-state index in [1.165, 1.54) is 18.5 Å². The van der Waals surface area contributed by atoms with Crippen LogP contribution in [-0.2, 0) is 0 Å². The summed E-state index contributed by atoms with van der Waals surface area (Å²) in [7, 11) is 1.84. The topological polar surface area (TPSA) is 35.6 Å². The SMILES string of the molecule is CCCCN(C)C(=O)Nc1ccc(N2CCC(C)CC2)cc1. The Morgan fingerprint density at radius 3 is 2.50 bits per heavy atom. The van der Waals surface area contributed by atoms with E-state index in [1.807, 2.05) is 19.2 Å². The highest BCUT2D eigenvalue weighted by molar-refractivity contribution is 5.89. The maximum atomic E-state index is 12.0. The van der Waals surface area contributed by atoms with E-state index in [4.69, 9.17) is 0 Å². The minimum Gasteiger partial charge on any atom is -0.372 e. The van der Waals surface area contributed by atoms with Gasteiger partial charge in [0.2, 0.25) is 0 Å². The summed E-state index contributed by atoms with van der Waals surface area (Å²) in [4.78, 5) is 16.2. The Bertz CT molecular complexity index is 464. The fraction of sp³-hybridized carbons (Fsp3) is 0.611. The maximum Gasteiger partial charge on any atom is 0.321 e. The van der Waals surface area contributed by atoms with Crippen molar-refractivity contribution in [2.75, 3.05) is 36.9 Å². The first-order valence-corrected chi connectivity index (χ1v) is 8.47. The molecular formula is C18H29N3O. The van der Waals surface area contributed by atoms with E-state index in [2.05, 4.69) is 36.2 Å². The molecular weight excluding hydrogens is 274 g/mol. The van der Waals surface area contributed by atoms with Crippen LogP contribution in [0.15, 0.2) is 24.3 Å². The molecule has 4 nitrogen and oxygen atoms in total. The molecule has 122 valence electrons. The van der Waals surface area contributed by atoms with Gasteiger partial charge in [-0.3, -0.25) is 0 Å². The van der Waals surface area contributed by atoms with Gasteiger partial charge in [0.1, 0.15) is 0 Å². The van der Waals surface area contributed by atoms with Gasteiger partial charge in [-0.2, -0.15) is 0 Å². The summed E-state index contributed by atoms with van der Waals surface area (Å²) in [6.07, 6.45) is 4.67. The highest BCUT2D eigenvalue weighted by Gasteiger charge is 2.16. The molecule has 1 aliphatic rings. The van der Waals surface area contributed by atoms with Crippen LogP contribution in [-0.4, -0.2) is 37.6 Å². The number of nitrogens with one attached hydrogen (secondary N) is 1. The van der Waals surface area contributed by atoms with Crippen LogP contribution >= 0.6 is 0 Å². The number of piperidine rings is 1. The summed E-state index contributed by atoms with van der Waals surface area (Å²) >= 11 is 0. The lowest BCUT2D eigenvalue weighted by Crippen LogP contribution is -2.33. The summed E-state index contributed by atoms with van der Waals surface area (Å²) in [5, 5.41) is 2.96. The Morgan fingerprint density at radius 2 is 1.91 bits per heavy atom. The van der Waals surface area contributed by atoms with Crippen molar-refractivity contribution in [3.8, 4) is 0 Å². The first kappa shape index (κ1) is 16.7. The summed E-state index contributed by atoms with van der Waals surface area (Å²) in [5.41, 5.74) is 2.12. The van der Waals surface area contributed by atoms with Gasteiger partial charge < -0.3 is 15.1 Å². The summed E-state index contributed by atoms with van der Waals surface area (Å²) in [5.74, 6) is 0.841. The summed E-state index contributed by atoms with van der Waals surface area (Å²) < 4.78 is 0. The second-order valence-corrected chi connectivity index (χ2v) is 6.42. The molecule has 0 atom stereocenters. The van der Waals surface area contributed by atoms with Crippen LogP contribution in [0.5, 0.6) is 0 Å². The number of benzene rings is 1. The third-order valence-electron chi connectivity index (χ3n) is 4.46. The molecule has 22 heavy (non-hydrogen) atoms. The van der Waals surface area contributed by atoms with Gasteiger partial charge in [-0.05, 0) is 49.4 Å². The third-order valence-corrected chi connectivity index (χ3v) is 4.46. The summed E-state index contributed by atoms with van der Waals surface area (Å²) in [6, 6.07) is 8.18. The highest BCUT2D eigenvalue weighted by Crippen LogP contribution is 2.24. The van der Waals surface area contributed by atoms with Gasteiger partial charge in [0.25, 0.3) is 0 Å². The van der Waals surface area contributed by atoms with E-state index >= 15 is 0 Å². The van der Waals surface area contributed by atoms with Crippen molar-refractivity contribution in [3.05, 3.63) is 24.3 Å². The smallest absolute Gasteiger partial charge is 0.321 e. The van der Waals surface area contributed by atoms with Gasteiger partial charge in [-0.15, -0.1) is 0 Å². The molecule has 0 bridgehead atoms. The lowest BCUT2D eigenvalue weighted by molar-refractivity contribution is 0.222. The third kappa shape index (κ3) is 4.65. The van der Waals surface area contributed by atoms with Gasteiger partial charge in [0, 0.05) is 38.1 Å². The van der Waals surface area contributed by atoms with Crippen molar-refractivity contribution in [2.24, 2.45) is 5.92 Å². The van der Waals surface area contributed by atoms with Crippen molar-refractivity contribution in [3.63, 3.8) is 0 Å². The normalized spacial score (nSPS) is 15.7. The van der Waals surface area contributed by atoms with E-state index < -0.39 is 0 Å². The number of anilines is 2. The van der Waals surface area contributed by atoms with Crippen LogP contribution in [0.1, 0.15) is 39.5 Å². The van der Waals surface area contributed by atoms with Crippen molar-refractivity contribution >= 4 is 17.4 Å². The van der Waals surface area contributed by atoms with Gasteiger partial charge >= 0.3 is 6.03 Å². The number of carbonyl (C=O) groups is 1. The molecule has 0 unspecified atom stereocenters. The fourth-order valence-corrected chi connectivity index (χ4v) is 2.74. The van der Waals surface area contributed by atoms with Crippen LogP contribution in [0.4, 0.5) is 16.2 Å². The lowest BCUT2D eigenvalue weighted by atomic mass is 9.99. The number of amides is 2. The summed E-state index contributed by atoms with van der Waals surface area (Å²) in [6.45, 7) is 7.52. The Labute approximate surface area is 134 Å². The van der Waals surface area contributed by atoms with Crippen LogP contribution in [0.25, 0.3) is 0 Å². The molecule has 0 aliphatic carbocycles. The maximum absolute atomic E-state index is 12.0. The zero-order valence-electron chi connectivity index (χ0n) is 14.1. The Balaban J connectivity index is 1.87. The molecule has 1 fully saturated rings. The zero-order chi connectivity index (χ0) is 15.9. The second-order valence-electron chi connectivity index (χ2n) is 6.42. The lowest BCUT2D eigenvalue weighted by Gasteiger charge is -2.32. The number of carbonyl (C=O) groups excluding carboxylic acids is 1. The molecule has 1 saturated heterocycles. The first-order valence-electron chi connectivity index (χ1n) is 8.47. The quantitative estimate of drug-likeness (QED) is 0.885. The number of hydrogen-bond donors (Lipinski definition) is 1. The standard InChI is InChI=1S/C18H29N3O/c1-4-5-12-20(3)18(22)19-16-6-8-17(9-7-16)21-13-10-15(2)11-14-21/h6-9,15H,4-5,10-14H2,1-3H3,(H,19,22). The molecule has 1 aliphatic heterocycles. The van der Waals surface area contributed by atoms with E-state index in [9.17, 15) is 4.79 Å². The molecule has 1 aromatic carbocycles. The zero-order valence-corrected chi connectivity index (χ0v) is 14.1. The molecule has 1 N–H and O–H groups in total. The number of hydrogen-bond acceptors (Lipinski definition) is 2. The average Bonchev–Trinajstić information content (AvgIpc) is 2.54. The van der Waals surface area contributed by atoms with Crippen molar-refractivity contribution in [2.45, 2.75) is 39.5 Å². The van der Waals surface area contributed by atoms with E-state index in [0.717, 1.165) is 44.1 Å². The van der Waals surface area contributed by atoms with Crippen molar-refractivity contribution in [1.82, 2.24) is 4.90 Å². The average molecular weight is 303 g/mol. The molecule has 2 amide bonds. The van der Waals surface area contributed by atoms with E-state index in [-0.39, 0.29) is 6.03 Å². The Kier molecular flexibility index (Phi) is 6.10. The molecule has 1 aromatic rings. The monoisotopic (exact) mass is 303 g/mol. The van der Waals surface area contributed by atoms with Crippen LogP contribution in [0.2, 0.25) is 0 Å². The van der Waals surface area contributed by atoms with Crippen molar-refractivity contribution in [1.29, 1.82) is 0 Å². The predicted octanol–water partition coefficient (Wildman–Crippen LogP) is 4.19. The van der Waals surface area contributed by atoms with Gasteiger partial charge in [0.15, 0.2) is 0 Å². The van der Waals surface area contributed by atoms with Crippen LogP contribution < -0.4 is 10.2 Å². The largest absolute Gasteiger partial charge is 0.372 e. The molecule has 0 aromatic heterocycles. The highest BCUT2D eigenvalue weighted by atomic mass is 16.2. The van der Waals surface area contributed by atoms with Crippen LogP contribution in [0, 0.1) is 5.92 Å². The van der Waals surface area contributed by atoms with Gasteiger partial charge in [-0.25, -0.2) is 4.79 Å². The van der Waals surface area contributed by atoms with Gasteiger partial charge in [0.05, 0.1) is 0 Å². The molecule has 0 radical (unpaired) electrons. The minimum absolute atomic E-state index is 0.0343. The fourth-order valence-electron chi connectivity index (χ4n) is 2.74. The Hall–Kier alpha value is -1.71. The molecule has 0 spiro atoms. The van der Waals surface area contributed by atoms with Gasteiger partial charge in [-0.1, -0.05) is 20.3 Å². The Morgan fingerprint density at radius 1 is 1.27 bits per heavy atom. The number of unbranched alkanes of at least 4 members (excludes halogenated alkanes) is 1. The number of rotatable bonds is 5. The van der Waals surface area contributed by atoms with Crippen molar-refractivity contribution < 1.29 is 4.79 Å². The predicted molar refractivity (Wildman–Crippen MR) is 93.6 cm³/mol. The second kappa shape index (κ2) is 8.06. The number of nitrogens with zero attached hydrogens (tertiary/aromatic N) is 2. The number of urea groups is 1. The van der Waals surface area contributed by atoms with E-state index in [1.54, 1.807) is 4.90 Å². The minimum atomic E-state index is -0.0343. The van der Waals surface area contributed by atoms with E-state index in [0.29, 0.717) is 0 Å². The molecule has 1 heterocycles. The molecule has 4 heteroatoms. The van der Waals surface area contributed by atoms with Crippen LogP contribution in [0.3, 0.4) is 0 Å².